The van der Waals surface area contributed by atoms with Crippen molar-refractivity contribution in [3.05, 3.63) is 68.5 Å². The lowest BCUT2D eigenvalue weighted by Gasteiger charge is -2.16. The monoisotopic (exact) mass is 395 g/mol. The van der Waals surface area contributed by atoms with E-state index in [2.05, 4.69) is 22.6 Å². The minimum absolute atomic E-state index is 0.305. The first kappa shape index (κ1) is 15.2. The lowest BCUT2D eigenvalue weighted by Crippen LogP contribution is -2.15. The van der Waals surface area contributed by atoms with Crippen LogP contribution in [0.3, 0.4) is 0 Å². The van der Waals surface area contributed by atoms with Crippen LogP contribution in [0.1, 0.15) is 22.7 Å². The highest BCUT2D eigenvalue weighted by atomic mass is 127. The van der Waals surface area contributed by atoms with Crippen LogP contribution in [0.2, 0.25) is 0 Å². The zero-order valence-electron chi connectivity index (χ0n) is 10.1. The molecule has 1 nitrogen and oxygen atoms in total. The first-order valence-electron chi connectivity index (χ1n) is 5.67. The van der Waals surface area contributed by atoms with Gasteiger partial charge in [0.2, 0.25) is 0 Å². The maximum absolute atomic E-state index is 13.5. The fourth-order valence-electron chi connectivity index (χ4n) is 1.86. The first-order valence-corrected chi connectivity index (χ1v) is 6.75. The van der Waals surface area contributed by atoms with Crippen LogP contribution in [-0.2, 0) is 6.18 Å². The van der Waals surface area contributed by atoms with Gasteiger partial charge < -0.3 is 5.73 Å². The summed E-state index contributed by atoms with van der Waals surface area (Å²) in [5, 5.41) is 0. The van der Waals surface area contributed by atoms with Gasteiger partial charge >= 0.3 is 6.18 Å². The van der Waals surface area contributed by atoms with Crippen molar-refractivity contribution in [3.8, 4) is 0 Å². The molecule has 0 fully saturated rings. The fourth-order valence-corrected chi connectivity index (χ4v) is 2.58. The van der Waals surface area contributed by atoms with E-state index in [4.69, 9.17) is 5.73 Å². The number of alkyl halides is 3. The predicted octanol–water partition coefficient (Wildman–Crippen LogP) is 4.50. The topological polar surface area (TPSA) is 26.0 Å². The van der Waals surface area contributed by atoms with E-state index in [9.17, 15) is 17.6 Å². The second-order valence-electron chi connectivity index (χ2n) is 4.24. The fraction of sp³-hybridized carbons (Fsp3) is 0.143. The Morgan fingerprint density at radius 1 is 1.05 bits per heavy atom. The Morgan fingerprint density at radius 2 is 1.70 bits per heavy atom. The van der Waals surface area contributed by atoms with Gasteiger partial charge in [0.1, 0.15) is 5.82 Å². The zero-order chi connectivity index (χ0) is 14.9. The van der Waals surface area contributed by atoms with Crippen LogP contribution in [0, 0.1) is 9.39 Å². The molecule has 0 saturated heterocycles. The van der Waals surface area contributed by atoms with Gasteiger partial charge in [0.15, 0.2) is 0 Å². The number of halogens is 5. The van der Waals surface area contributed by atoms with Gasteiger partial charge in [-0.15, -0.1) is 0 Å². The van der Waals surface area contributed by atoms with E-state index in [0.29, 0.717) is 5.56 Å². The molecule has 2 aromatic carbocycles. The highest BCUT2D eigenvalue weighted by Crippen LogP contribution is 2.33. The second kappa shape index (κ2) is 5.69. The largest absolute Gasteiger partial charge is 0.419 e. The lowest BCUT2D eigenvalue weighted by molar-refractivity contribution is -0.140. The molecule has 0 radical (unpaired) electrons. The Bertz CT molecular complexity index is 625. The van der Waals surface area contributed by atoms with E-state index >= 15 is 0 Å². The summed E-state index contributed by atoms with van der Waals surface area (Å²) < 4.78 is 51.9. The third-order valence-corrected chi connectivity index (χ3v) is 3.88. The maximum atomic E-state index is 13.5. The molecule has 0 aromatic heterocycles. The van der Waals surface area contributed by atoms with Gasteiger partial charge in [-0.1, -0.05) is 24.3 Å². The molecule has 106 valence electrons. The van der Waals surface area contributed by atoms with Crippen molar-refractivity contribution >= 4 is 22.6 Å². The van der Waals surface area contributed by atoms with Gasteiger partial charge in [-0.05, 0) is 51.9 Å². The van der Waals surface area contributed by atoms with Crippen LogP contribution >= 0.6 is 22.6 Å². The third kappa shape index (κ3) is 3.12. The number of benzene rings is 2. The molecule has 0 heterocycles. The molecule has 0 spiro atoms. The normalized spacial score (nSPS) is 13.3. The summed E-state index contributed by atoms with van der Waals surface area (Å²) in [6, 6.07) is 9.30. The average Bonchev–Trinajstić information content (AvgIpc) is 2.37. The predicted molar refractivity (Wildman–Crippen MR) is 76.6 cm³/mol. The Kier molecular flexibility index (Phi) is 4.33. The molecule has 2 rings (SSSR count). The first-order chi connectivity index (χ1) is 9.30. The summed E-state index contributed by atoms with van der Waals surface area (Å²) in [4.78, 5) is 0. The van der Waals surface area contributed by atoms with Gasteiger partial charge in [-0.3, -0.25) is 0 Å². The second-order valence-corrected chi connectivity index (χ2v) is 5.40. The summed E-state index contributed by atoms with van der Waals surface area (Å²) in [5.74, 6) is -1.31. The quantitative estimate of drug-likeness (QED) is 0.589. The Labute approximate surface area is 126 Å². The number of hydrogen-bond acceptors (Lipinski definition) is 1. The maximum Gasteiger partial charge on any atom is 0.419 e. The Balaban J connectivity index is 2.40. The molecule has 0 aliphatic heterocycles. The smallest absolute Gasteiger partial charge is 0.320 e. The number of nitrogens with two attached hydrogens (primary N) is 1. The summed E-state index contributed by atoms with van der Waals surface area (Å²) >= 11 is 2.08. The van der Waals surface area contributed by atoms with Gasteiger partial charge in [-0.25, -0.2) is 4.39 Å². The van der Waals surface area contributed by atoms with Crippen molar-refractivity contribution < 1.29 is 17.6 Å². The average molecular weight is 395 g/mol. The van der Waals surface area contributed by atoms with Crippen molar-refractivity contribution in [2.24, 2.45) is 5.73 Å². The lowest BCUT2D eigenvalue weighted by atomic mass is 9.98. The van der Waals surface area contributed by atoms with Gasteiger partial charge in [0.25, 0.3) is 0 Å². The molecular formula is C14H10F4IN. The van der Waals surface area contributed by atoms with E-state index in [-0.39, 0.29) is 0 Å². The minimum atomic E-state index is -4.70. The van der Waals surface area contributed by atoms with E-state index in [1.165, 1.54) is 6.07 Å². The van der Waals surface area contributed by atoms with Crippen molar-refractivity contribution in [3.63, 3.8) is 0 Å². The number of rotatable bonds is 2. The highest BCUT2D eigenvalue weighted by molar-refractivity contribution is 14.1. The van der Waals surface area contributed by atoms with Crippen LogP contribution in [0.4, 0.5) is 17.6 Å². The minimum Gasteiger partial charge on any atom is -0.320 e. The van der Waals surface area contributed by atoms with E-state index in [0.717, 1.165) is 21.3 Å². The standard InChI is InChI=1S/C14H10F4IN/c15-11-7-8(5-6-10(11)14(16,17)18)13(20)9-3-1-2-4-12(9)19/h1-7,13H,20H2. The molecular weight excluding hydrogens is 385 g/mol. The summed E-state index contributed by atoms with van der Waals surface area (Å²) in [6.07, 6.45) is -4.70. The molecule has 1 atom stereocenters. The van der Waals surface area contributed by atoms with Crippen LogP contribution in [0.15, 0.2) is 42.5 Å². The summed E-state index contributed by atoms with van der Waals surface area (Å²) in [5.41, 5.74) is 5.76. The summed E-state index contributed by atoms with van der Waals surface area (Å²) in [7, 11) is 0. The van der Waals surface area contributed by atoms with Crippen molar-refractivity contribution in [1.82, 2.24) is 0 Å². The van der Waals surface area contributed by atoms with E-state index in [1.807, 2.05) is 12.1 Å². The van der Waals surface area contributed by atoms with Crippen LogP contribution in [-0.4, -0.2) is 0 Å². The van der Waals surface area contributed by atoms with E-state index in [1.54, 1.807) is 12.1 Å². The molecule has 2 aromatic rings. The van der Waals surface area contributed by atoms with Crippen LogP contribution in [0.25, 0.3) is 0 Å². The summed E-state index contributed by atoms with van der Waals surface area (Å²) in [6.45, 7) is 0. The molecule has 0 amide bonds. The highest BCUT2D eigenvalue weighted by Gasteiger charge is 2.34. The van der Waals surface area contributed by atoms with E-state index < -0.39 is 23.6 Å². The van der Waals surface area contributed by atoms with Crippen molar-refractivity contribution in [2.45, 2.75) is 12.2 Å². The SMILES string of the molecule is NC(c1ccc(C(F)(F)F)c(F)c1)c1ccccc1I. The van der Waals surface area contributed by atoms with Gasteiger partial charge in [0, 0.05) is 3.57 Å². The van der Waals surface area contributed by atoms with Gasteiger partial charge in [-0.2, -0.15) is 13.2 Å². The molecule has 2 N–H and O–H groups in total. The molecule has 0 bridgehead atoms. The zero-order valence-corrected chi connectivity index (χ0v) is 12.2. The molecule has 6 heteroatoms. The van der Waals surface area contributed by atoms with Crippen molar-refractivity contribution in [2.75, 3.05) is 0 Å². The van der Waals surface area contributed by atoms with Crippen LogP contribution in [0.5, 0.6) is 0 Å². The Hall–Kier alpha value is -1.15. The van der Waals surface area contributed by atoms with Gasteiger partial charge in [0.05, 0.1) is 11.6 Å². The molecule has 0 aliphatic carbocycles. The van der Waals surface area contributed by atoms with Crippen molar-refractivity contribution in [1.29, 1.82) is 0 Å². The third-order valence-electron chi connectivity index (χ3n) is 2.90. The van der Waals surface area contributed by atoms with Crippen LogP contribution < -0.4 is 5.73 Å². The molecule has 0 aliphatic rings. The Morgan fingerprint density at radius 3 is 2.25 bits per heavy atom. The number of hydrogen-bond donors (Lipinski definition) is 1. The molecule has 0 saturated carbocycles. The molecule has 1 unspecified atom stereocenters. The molecule has 20 heavy (non-hydrogen) atoms.